The highest BCUT2D eigenvalue weighted by Gasteiger charge is 2.19. The Morgan fingerprint density at radius 1 is 1.23 bits per heavy atom. The van der Waals surface area contributed by atoms with Crippen LogP contribution in [0.5, 0.6) is 0 Å². The van der Waals surface area contributed by atoms with Gasteiger partial charge in [-0.1, -0.05) is 11.6 Å². The van der Waals surface area contributed by atoms with Crippen LogP contribution in [0.4, 0.5) is 14.5 Å². The lowest BCUT2D eigenvalue weighted by Crippen LogP contribution is -2.17. The van der Waals surface area contributed by atoms with Gasteiger partial charge in [-0.2, -0.15) is 0 Å². The summed E-state index contributed by atoms with van der Waals surface area (Å²) in [6.45, 7) is 0. The topological polar surface area (TPSA) is 68.3 Å². The van der Waals surface area contributed by atoms with E-state index < -0.39 is 34.1 Å². The largest absolute Gasteiger partial charge is 0.465 e. The third-order valence-corrected chi connectivity index (χ3v) is 3.02. The van der Waals surface area contributed by atoms with Crippen LogP contribution in [0.25, 0.3) is 0 Å². The Kier molecular flexibility index (Phi) is 4.67. The maximum absolute atomic E-state index is 13.7. The van der Waals surface area contributed by atoms with Crippen LogP contribution >= 0.6 is 11.6 Å². The van der Waals surface area contributed by atoms with Crippen molar-refractivity contribution in [3.63, 3.8) is 0 Å². The third-order valence-electron chi connectivity index (χ3n) is 2.73. The van der Waals surface area contributed by atoms with Crippen LogP contribution in [0.3, 0.4) is 0 Å². The number of carbonyl (C=O) groups excluding carboxylic acids is 2. The lowest BCUT2D eigenvalue weighted by atomic mass is 10.1. The zero-order chi connectivity index (χ0) is 16.3. The number of aromatic nitrogens is 1. The van der Waals surface area contributed by atoms with Crippen molar-refractivity contribution in [2.24, 2.45) is 0 Å². The standard InChI is InChI=1S/C14H9ClF2N2O3/c1-22-14(21)8-6-18-3-2-12(8)19-13(20)7-4-11(17)9(15)5-10(7)16/h2-6H,1H3,(H,18,19,20). The number of amides is 1. The predicted molar refractivity (Wildman–Crippen MR) is 74.9 cm³/mol. The fourth-order valence-electron chi connectivity index (χ4n) is 1.66. The molecule has 1 amide bonds. The first-order valence-electron chi connectivity index (χ1n) is 5.92. The monoisotopic (exact) mass is 326 g/mol. The van der Waals surface area contributed by atoms with Crippen LogP contribution in [0.1, 0.15) is 20.7 Å². The highest BCUT2D eigenvalue weighted by molar-refractivity contribution is 6.30. The molecule has 22 heavy (non-hydrogen) atoms. The summed E-state index contributed by atoms with van der Waals surface area (Å²) in [6.07, 6.45) is 2.50. The van der Waals surface area contributed by atoms with E-state index in [4.69, 9.17) is 11.6 Å². The van der Waals surface area contributed by atoms with Crippen LogP contribution in [0.15, 0.2) is 30.6 Å². The molecule has 0 aliphatic heterocycles. The molecule has 0 aliphatic rings. The Morgan fingerprint density at radius 2 is 1.95 bits per heavy atom. The number of methoxy groups -OCH3 is 1. The SMILES string of the molecule is COC(=O)c1cnccc1NC(=O)c1cc(F)c(Cl)cc1F. The minimum atomic E-state index is -0.988. The first kappa shape index (κ1) is 15.8. The number of rotatable bonds is 3. The van der Waals surface area contributed by atoms with Gasteiger partial charge in [0, 0.05) is 12.4 Å². The van der Waals surface area contributed by atoms with Crippen LogP contribution in [0, 0.1) is 11.6 Å². The number of nitrogens with one attached hydrogen (secondary N) is 1. The van der Waals surface area contributed by atoms with Gasteiger partial charge in [0.2, 0.25) is 0 Å². The minimum absolute atomic E-state index is 0.0202. The van der Waals surface area contributed by atoms with E-state index in [0.717, 1.165) is 7.11 Å². The summed E-state index contributed by atoms with van der Waals surface area (Å²) in [5, 5.41) is 1.86. The zero-order valence-electron chi connectivity index (χ0n) is 11.2. The Labute approximate surface area is 128 Å². The molecule has 5 nitrogen and oxygen atoms in total. The summed E-state index contributed by atoms with van der Waals surface area (Å²) >= 11 is 5.42. The Bertz CT molecular complexity index is 753. The van der Waals surface area contributed by atoms with E-state index in [1.807, 2.05) is 0 Å². The molecule has 0 saturated heterocycles. The molecule has 1 N–H and O–H groups in total. The van der Waals surface area contributed by atoms with Crippen molar-refractivity contribution in [2.75, 3.05) is 12.4 Å². The number of ether oxygens (including phenoxy) is 1. The van der Waals surface area contributed by atoms with Crippen molar-refractivity contribution in [3.8, 4) is 0 Å². The van der Waals surface area contributed by atoms with Gasteiger partial charge in [-0.15, -0.1) is 0 Å². The Balaban J connectivity index is 2.34. The number of anilines is 1. The molecule has 0 saturated carbocycles. The average Bonchev–Trinajstić information content (AvgIpc) is 2.50. The van der Waals surface area contributed by atoms with E-state index in [1.54, 1.807) is 0 Å². The van der Waals surface area contributed by atoms with E-state index in [-0.39, 0.29) is 11.3 Å². The number of nitrogens with zero attached hydrogens (tertiary/aromatic N) is 1. The number of halogens is 3. The van der Waals surface area contributed by atoms with Gasteiger partial charge in [-0.05, 0) is 18.2 Å². The van der Waals surface area contributed by atoms with E-state index in [2.05, 4.69) is 15.0 Å². The second-order valence-corrected chi connectivity index (χ2v) is 4.52. The number of carbonyl (C=O) groups is 2. The third kappa shape index (κ3) is 3.20. The molecule has 1 aromatic carbocycles. The number of hydrogen-bond acceptors (Lipinski definition) is 4. The van der Waals surface area contributed by atoms with Crippen molar-refractivity contribution in [1.29, 1.82) is 0 Å². The van der Waals surface area contributed by atoms with E-state index in [0.29, 0.717) is 12.1 Å². The van der Waals surface area contributed by atoms with Crippen molar-refractivity contribution in [3.05, 3.63) is 58.4 Å². The Morgan fingerprint density at radius 3 is 2.64 bits per heavy atom. The van der Waals surface area contributed by atoms with Gasteiger partial charge < -0.3 is 10.1 Å². The second-order valence-electron chi connectivity index (χ2n) is 4.11. The first-order valence-corrected chi connectivity index (χ1v) is 6.30. The molecular formula is C14H9ClF2N2O3. The van der Waals surface area contributed by atoms with Crippen LogP contribution in [-0.2, 0) is 4.74 Å². The highest BCUT2D eigenvalue weighted by atomic mass is 35.5. The second kappa shape index (κ2) is 6.48. The molecule has 0 spiro atoms. The fourth-order valence-corrected chi connectivity index (χ4v) is 1.81. The molecule has 2 aromatic rings. The van der Waals surface area contributed by atoms with E-state index in [1.165, 1.54) is 18.5 Å². The predicted octanol–water partition coefficient (Wildman–Crippen LogP) is 3.05. The van der Waals surface area contributed by atoms with Crippen molar-refractivity contribution in [1.82, 2.24) is 4.98 Å². The minimum Gasteiger partial charge on any atom is -0.465 e. The lowest BCUT2D eigenvalue weighted by molar-refractivity contribution is 0.0601. The first-order chi connectivity index (χ1) is 10.4. The quantitative estimate of drug-likeness (QED) is 0.695. The fraction of sp³-hybridized carbons (Fsp3) is 0.0714. The van der Waals surface area contributed by atoms with E-state index >= 15 is 0 Å². The van der Waals surface area contributed by atoms with Gasteiger partial charge >= 0.3 is 5.97 Å². The molecule has 114 valence electrons. The van der Waals surface area contributed by atoms with Gasteiger partial charge in [0.1, 0.15) is 17.2 Å². The maximum Gasteiger partial charge on any atom is 0.341 e. The lowest BCUT2D eigenvalue weighted by Gasteiger charge is -2.10. The van der Waals surface area contributed by atoms with Crippen molar-refractivity contribution in [2.45, 2.75) is 0 Å². The summed E-state index contributed by atoms with van der Waals surface area (Å²) in [5.41, 5.74) is -0.510. The average molecular weight is 327 g/mol. The zero-order valence-corrected chi connectivity index (χ0v) is 11.9. The van der Waals surface area contributed by atoms with Crippen molar-refractivity contribution >= 4 is 29.2 Å². The number of esters is 1. The summed E-state index contributed by atoms with van der Waals surface area (Å²) in [5.74, 6) is -3.59. The Hall–Kier alpha value is -2.54. The molecule has 0 aliphatic carbocycles. The smallest absolute Gasteiger partial charge is 0.341 e. The highest BCUT2D eigenvalue weighted by Crippen LogP contribution is 2.21. The number of hydrogen-bond donors (Lipinski definition) is 1. The van der Waals surface area contributed by atoms with Gasteiger partial charge in [-0.3, -0.25) is 9.78 Å². The molecule has 1 heterocycles. The van der Waals surface area contributed by atoms with Gasteiger partial charge in [0.25, 0.3) is 5.91 Å². The van der Waals surface area contributed by atoms with Crippen LogP contribution in [0.2, 0.25) is 5.02 Å². The molecular weight excluding hydrogens is 318 g/mol. The summed E-state index contributed by atoms with van der Waals surface area (Å²) in [6, 6.07) is 2.69. The molecule has 0 atom stereocenters. The maximum atomic E-state index is 13.7. The van der Waals surface area contributed by atoms with Crippen LogP contribution in [-0.4, -0.2) is 24.0 Å². The molecule has 2 rings (SSSR count). The molecule has 0 unspecified atom stereocenters. The molecule has 0 fully saturated rings. The molecule has 0 bridgehead atoms. The summed E-state index contributed by atoms with van der Waals surface area (Å²) in [7, 11) is 1.16. The van der Waals surface area contributed by atoms with Crippen LogP contribution < -0.4 is 5.32 Å². The molecule has 1 aromatic heterocycles. The summed E-state index contributed by atoms with van der Waals surface area (Å²) in [4.78, 5) is 27.3. The summed E-state index contributed by atoms with van der Waals surface area (Å²) < 4.78 is 31.6. The molecule has 0 radical (unpaired) electrons. The molecule has 8 heteroatoms. The van der Waals surface area contributed by atoms with Crippen molar-refractivity contribution < 1.29 is 23.1 Å². The van der Waals surface area contributed by atoms with Gasteiger partial charge in [-0.25, -0.2) is 13.6 Å². The van der Waals surface area contributed by atoms with E-state index in [9.17, 15) is 18.4 Å². The van der Waals surface area contributed by atoms with Gasteiger partial charge in [0.15, 0.2) is 0 Å². The number of benzene rings is 1. The van der Waals surface area contributed by atoms with Gasteiger partial charge in [0.05, 0.1) is 23.4 Å². The number of pyridine rings is 1. The normalized spacial score (nSPS) is 10.2.